The third kappa shape index (κ3) is 9.43. The Morgan fingerprint density at radius 3 is 2.04 bits per heavy atom. The van der Waals surface area contributed by atoms with E-state index >= 15 is 0 Å². The van der Waals surface area contributed by atoms with E-state index in [1.165, 1.54) is 23.1 Å². The highest BCUT2D eigenvalue weighted by molar-refractivity contribution is 5.63. The van der Waals surface area contributed by atoms with E-state index in [1.807, 2.05) is 33.8 Å². The molecule has 0 aliphatic heterocycles. The van der Waals surface area contributed by atoms with Crippen LogP contribution in [-0.2, 0) is 0 Å². The van der Waals surface area contributed by atoms with Gasteiger partial charge in [-0.1, -0.05) is 129 Å². The van der Waals surface area contributed by atoms with Gasteiger partial charge < -0.3 is 0 Å². The first-order chi connectivity index (χ1) is 12.7. The highest BCUT2D eigenvalue weighted by atomic mass is 14.3. The molecular weight excluding hydrogens is 324 g/mol. The molecule has 0 aromatic rings. The fraction of sp³-hybridized carbons (Fsp3) is 0.407. The maximum absolute atomic E-state index is 4.01. The summed E-state index contributed by atoms with van der Waals surface area (Å²) in [6, 6.07) is 0. The lowest BCUT2D eigenvalue weighted by Gasteiger charge is -2.14. The molecule has 0 heteroatoms. The van der Waals surface area contributed by atoms with Crippen molar-refractivity contribution in [1.82, 2.24) is 0 Å². The predicted octanol–water partition coefficient (Wildman–Crippen LogP) is 9.33. The fourth-order valence-electron chi connectivity index (χ4n) is 2.91. The highest BCUT2D eigenvalue weighted by Gasteiger charge is 2.28. The van der Waals surface area contributed by atoms with Crippen LogP contribution in [0.3, 0.4) is 0 Å². The summed E-state index contributed by atoms with van der Waals surface area (Å²) in [4.78, 5) is 0. The van der Waals surface area contributed by atoms with Crippen LogP contribution in [0.25, 0.3) is 0 Å². The Labute approximate surface area is 171 Å². The smallest absolute Gasteiger partial charge is 0.00639 e. The van der Waals surface area contributed by atoms with Gasteiger partial charge in [-0.15, -0.1) is 0 Å². The summed E-state index contributed by atoms with van der Waals surface area (Å²) in [5.41, 5.74) is 5.76. The third-order valence-electron chi connectivity index (χ3n) is 3.90. The standard InChI is InChI=1S/C18H22.C4H6.2C2H6.CH4/c1-4-7-11-16-14(5-2)17-12-9-8-10-13-18(17)15(16)6-3;1-3-4-2;2*1-2;/h5,7-12,15H,2,4,6,13H2,1,3H3;3-4H,1-2H2;2*1-2H3;1H4/b11-7-;;;;. The summed E-state index contributed by atoms with van der Waals surface area (Å²) < 4.78 is 0. The van der Waals surface area contributed by atoms with E-state index in [0.717, 1.165) is 12.8 Å². The molecule has 2 aliphatic carbocycles. The summed E-state index contributed by atoms with van der Waals surface area (Å²) in [7, 11) is 0. The van der Waals surface area contributed by atoms with Crippen LogP contribution in [0.15, 0.2) is 96.7 Å². The van der Waals surface area contributed by atoms with Crippen molar-refractivity contribution in [1.29, 1.82) is 0 Å². The Morgan fingerprint density at radius 1 is 1.00 bits per heavy atom. The Kier molecular flexibility index (Phi) is 22.2. The van der Waals surface area contributed by atoms with E-state index < -0.39 is 0 Å². The monoisotopic (exact) mass is 368 g/mol. The molecule has 0 nitrogen and oxygen atoms in total. The molecule has 0 radical (unpaired) electrons. The molecule has 1 atom stereocenters. The maximum atomic E-state index is 4.01. The third-order valence-corrected chi connectivity index (χ3v) is 3.90. The summed E-state index contributed by atoms with van der Waals surface area (Å²) in [5, 5.41) is 0. The second-order valence-corrected chi connectivity index (χ2v) is 5.25. The molecule has 0 aromatic carbocycles. The van der Waals surface area contributed by atoms with Gasteiger partial charge in [0.25, 0.3) is 0 Å². The average molecular weight is 369 g/mol. The van der Waals surface area contributed by atoms with Crippen LogP contribution in [0.1, 0.15) is 68.2 Å². The van der Waals surface area contributed by atoms with Crippen LogP contribution in [-0.4, -0.2) is 0 Å². The Hall–Kier alpha value is -2.08. The molecule has 2 aliphatic rings. The lowest BCUT2D eigenvalue weighted by molar-refractivity contribution is 0.694. The van der Waals surface area contributed by atoms with Gasteiger partial charge in [-0.2, -0.15) is 0 Å². The molecule has 1 unspecified atom stereocenters. The van der Waals surface area contributed by atoms with Crippen molar-refractivity contribution in [3.8, 4) is 0 Å². The normalized spacial score (nSPS) is 16.4. The molecule has 0 aromatic heterocycles. The molecule has 0 fully saturated rings. The second kappa shape index (κ2) is 20.2. The van der Waals surface area contributed by atoms with Crippen LogP contribution in [0.2, 0.25) is 0 Å². The summed E-state index contributed by atoms with van der Waals surface area (Å²) in [6.07, 6.45) is 22.0. The van der Waals surface area contributed by atoms with Crippen molar-refractivity contribution in [2.75, 3.05) is 0 Å². The van der Waals surface area contributed by atoms with Gasteiger partial charge in [-0.05, 0) is 36.0 Å². The van der Waals surface area contributed by atoms with Gasteiger partial charge in [0.2, 0.25) is 0 Å². The van der Waals surface area contributed by atoms with Gasteiger partial charge in [0.1, 0.15) is 0 Å². The van der Waals surface area contributed by atoms with Crippen LogP contribution in [0, 0.1) is 5.92 Å². The minimum absolute atomic E-state index is 0. The quantitative estimate of drug-likeness (QED) is 0.424. The van der Waals surface area contributed by atoms with Crippen molar-refractivity contribution in [2.24, 2.45) is 5.92 Å². The Bertz CT molecular complexity index is 553. The van der Waals surface area contributed by atoms with Crippen LogP contribution >= 0.6 is 0 Å². The van der Waals surface area contributed by atoms with E-state index in [1.54, 1.807) is 17.7 Å². The van der Waals surface area contributed by atoms with E-state index in [-0.39, 0.29) is 7.43 Å². The van der Waals surface area contributed by atoms with E-state index in [9.17, 15) is 0 Å². The molecule has 2 rings (SSSR count). The van der Waals surface area contributed by atoms with Gasteiger partial charge in [-0.25, -0.2) is 0 Å². The summed E-state index contributed by atoms with van der Waals surface area (Å²) in [5.74, 6) is 0.572. The van der Waals surface area contributed by atoms with Crippen molar-refractivity contribution in [3.63, 3.8) is 0 Å². The average Bonchev–Trinajstić information content (AvgIpc) is 2.83. The van der Waals surface area contributed by atoms with E-state index in [0.29, 0.717) is 5.92 Å². The number of allylic oxidation sites excluding steroid dienone is 13. The van der Waals surface area contributed by atoms with Gasteiger partial charge in [0, 0.05) is 5.92 Å². The number of hydrogen-bond donors (Lipinski definition) is 0. The van der Waals surface area contributed by atoms with Crippen molar-refractivity contribution in [2.45, 2.75) is 68.2 Å². The molecule has 0 saturated carbocycles. The molecule has 0 N–H and O–H groups in total. The topological polar surface area (TPSA) is 0 Å². The summed E-state index contributed by atoms with van der Waals surface area (Å²) >= 11 is 0. The summed E-state index contributed by atoms with van der Waals surface area (Å²) in [6.45, 7) is 23.2. The van der Waals surface area contributed by atoms with E-state index in [2.05, 4.69) is 70.0 Å². The molecule has 152 valence electrons. The first-order valence-electron chi connectivity index (χ1n) is 10.1. The Balaban J connectivity index is -0.000000557. The lowest BCUT2D eigenvalue weighted by Crippen LogP contribution is -2.01. The molecular formula is C27H44. The minimum Gasteiger partial charge on any atom is -0.0991 e. The van der Waals surface area contributed by atoms with Gasteiger partial charge in [-0.3, -0.25) is 0 Å². The first kappa shape index (κ1) is 29.7. The number of hydrogen-bond acceptors (Lipinski definition) is 0. The van der Waals surface area contributed by atoms with Gasteiger partial charge in [0.05, 0.1) is 0 Å². The predicted molar refractivity (Wildman–Crippen MR) is 130 cm³/mol. The van der Waals surface area contributed by atoms with E-state index in [4.69, 9.17) is 0 Å². The van der Waals surface area contributed by atoms with Crippen LogP contribution in [0.4, 0.5) is 0 Å². The van der Waals surface area contributed by atoms with Crippen LogP contribution in [0.5, 0.6) is 0 Å². The van der Waals surface area contributed by atoms with Crippen molar-refractivity contribution in [3.05, 3.63) is 96.7 Å². The highest BCUT2D eigenvalue weighted by Crippen LogP contribution is 2.43. The van der Waals surface area contributed by atoms with Gasteiger partial charge >= 0.3 is 0 Å². The second-order valence-electron chi connectivity index (χ2n) is 5.25. The molecule has 0 bridgehead atoms. The van der Waals surface area contributed by atoms with Crippen molar-refractivity contribution >= 4 is 0 Å². The molecule has 0 saturated heterocycles. The van der Waals surface area contributed by atoms with Crippen LogP contribution < -0.4 is 0 Å². The largest absolute Gasteiger partial charge is 0.0991 e. The zero-order chi connectivity index (χ0) is 20.4. The Morgan fingerprint density at radius 2 is 1.59 bits per heavy atom. The molecule has 0 spiro atoms. The minimum atomic E-state index is 0. The molecule has 0 amide bonds. The fourth-order valence-corrected chi connectivity index (χ4v) is 2.91. The zero-order valence-electron chi connectivity index (χ0n) is 18.0. The molecule has 27 heavy (non-hydrogen) atoms. The lowest BCUT2D eigenvalue weighted by atomic mass is 9.90. The number of rotatable bonds is 5. The molecule has 0 heterocycles. The first-order valence-corrected chi connectivity index (χ1v) is 10.1. The zero-order valence-corrected chi connectivity index (χ0v) is 18.0. The maximum Gasteiger partial charge on any atom is 0.00639 e. The van der Waals surface area contributed by atoms with Gasteiger partial charge in [0.15, 0.2) is 0 Å². The SMILES string of the molecule is C.C=CC1=C(/C=C\CC)C(CC)C2=C1C=CC=CC2.C=CC=C.CC.CC. The van der Waals surface area contributed by atoms with Crippen molar-refractivity contribution < 1.29 is 0 Å².